The summed E-state index contributed by atoms with van der Waals surface area (Å²) in [7, 11) is 0. The smallest absolute Gasteiger partial charge is 0.254 e. The molecule has 1 amide bonds. The van der Waals surface area contributed by atoms with Crippen LogP contribution in [0.4, 0.5) is 17.1 Å². The van der Waals surface area contributed by atoms with E-state index < -0.39 is 0 Å². The van der Waals surface area contributed by atoms with E-state index in [1.807, 2.05) is 30.5 Å². The number of carbonyl (C=O) groups excluding carboxylic acids is 1. The Morgan fingerprint density at radius 1 is 1.20 bits per heavy atom. The van der Waals surface area contributed by atoms with Gasteiger partial charge >= 0.3 is 0 Å². The van der Waals surface area contributed by atoms with Gasteiger partial charge in [0.15, 0.2) is 5.16 Å². The topological polar surface area (TPSA) is 78.1 Å². The maximum atomic E-state index is 12.4. The molecule has 4 rings (SSSR count). The first-order valence-corrected chi connectivity index (χ1v) is 11.2. The Morgan fingerprint density at radius 2 is 1.97 bits per heavy atom. The zero-order chi connectivity index (χ0) is 21.1. The Balaban J connectivity index is 1.37. The summed E-state index contributed by atoms with van der Waals surface area (Å²) in [6.45, 7) is 2.76. The first kappa shape index (κ1) is 20.2. The fourth-order valence-electron chi connectivity index (χ4n) is 3.77. The van der Waals surface area contributed by atoms with Crippen molar-refractivity contribution < 1.29 is 4.79 Å². The van der Waals surface area contributed by atoms with E-state index in [1.54, 1.807) is 6.92 Å². The number of hydrogen-bond acceptors (Lipinski definition) is 5. The SMILES string of the molecule is CSc1nc(C)c(CCC(=O)Nc2ccc(N3CCc4ccccc43)cc2)c(=O)[nH]1. The Morgan fingerprint density at radius 3 is 2.70 bits per heavy atom. The molecule has 2 N–H and O–H groups in total. The molecule has 0 bridgehead atoms. The van der Waals surface area contributed by atoms with Crippen LogP contribution in [-0.2, 0) is 17.6 Å². The number of aromatic nitrogens is 2. The minimum absolute atomic E-state index is 0.123. The predicted molar refractivity (Wildman–Crippen MR) is 122 cm³/mol. The zero-order valence-electron chi connectivity index (χ0n) is 17.1. The van der Waals surface area contributed by atoms with Crippen molar-refractivity contribution in [1.82, 2.24) is 9.97 Å². The lowest BCUT2D eigenvalue weighted by molar-refractivity contribution is -0.116. The summed E-state index contributed by atoms with van der Waals surface area (Å²) in [6.07, 6.45) is 3.49. The first-order chi connectivity index (χ1) is 14.5. The van der Waals surface area contributed by atoms with Crippen molar-refractivity contribution in [3.63, 3.8) is 0 Å². The zero-order valence-corrected chi connectivity index (χ0v) is 17.9. The van der Waals surface area contributed by atoms with Gasteiger partial charge < -0.3 is 15.2 Å². The van der Waals surface area contributed by atoms with Crippen LogP contribution in [0.2, 0.25) is 0 Å². The fourth-order valence-corrected chi connectivity index (χ4v) is 4.19. The number of rotatable bonds is 6. The number of amides is 1. The van der Waals surface area contributed by atoms with Gasteiger partial charge in [-0.2, -0.15) is 0 Å². The molecule has 0 atom stereocenters. The van der Waals surface area contributed by atoms with E-state index in [0.29, 0.717) is 22.8 Å². The minimum atomic E-state index is -0.171. The number of aromatic amines is 1. The third-order valence-corrected chi connectivity index (χ3v) is 5.93. The number of hydrogen-bond donors (Lipinski definition) is 2. The number of nitrogens with one attached hydrogen (secondary N) is 2. The molecule has 2 aromatic carbocycles. The quantitative estimate of drug-likeness (QED) is 0.464. The van der Waals surface area contributed by atoms with Gasteiger partial charge in [0.25, 0.3) is 5.56 Å². The second-order valence-electron chi connectivity index (χ2n) is 7.26. The van der Waals surface area contributed by atoms with Gasteiger partial charge in [0.1, 0.15) is 0 Å². The van der Waals surface area contributed by atoms with Crippen molar-refractivity contribution in [2.45, 2.75) is 31.3 Å². The molecule has 2 heterocycles. The summed E-state index contributed by atoms with van der Waals surface area (Å²) < 4.78 is 0. The third kappa shape index (κ3) is 4.26. The molecule has 0 radical (unpaired) electrons. The highest BCUT2D eigenvalue weighted by Crippen LogP contribution is 2.34. The van der Waals surface area contributed by atoms with Crippen molar-refractivity contribution in [3.8, 4) is 0 Å². The highest BCUT2D eigenvalue weighted by molar-refractivity contribution is 7.98. The van der Waals surface area contributed by atoms with E-state index in [4.69, 9.17) is 0 Å². The Kier molecular flexibility index (Phi) is 5.90. The average Bonchev–Trinajstić information content (AvgIpc) is 3.17. The van der Waals surface area contributed by atoms with Gasteiger partial charge in [-0.05, 0) is 61.9 Å². The molecule has 0 unspecified atom stereocenters. The molecule has 0 fully saturated rings. The Labute approximate surface area is 179 Å². The highest BCUT2D eigenvalue weighted by Gasteiger charge is 2.19. The molecule has 0 aliphatic carbocycles. The molecule has 1 aliphatic rings. The molecule has 154 valence electrons. The number of aryl methyl sites for hydroxylation is 1. The van der Waals surface area contributed by atoms with Gasteiger partial charge in [0.2, 0.25) is 5.91 Å². The van der Waals surface area contributed by atoms with Crippen LogP contribution in [0.5, 0.6) is 0 Å². The van der Waals surface area contributed by atoms with Crippen molar-refractivity contribution in [1.29, 1.82) is 0 Å². The van der Waals surface area contributed by atoms with Crippen LogP contribution in [-0.4, -0.2) is 28.7 Å². The lowest BCUT2D eigenvalue weighted by Crippen LogP contribution is -2.20. The van der Waals surface area contributed by atoms with E-state index in [2.05, 4.69) is 44.5 Å². The minimum Gasteiger partial charge on any atom is -0.341 e. The lowest BCUT2D eigenvalue weighted by Gasteiger charge is -2.20. The average molecular weight is 421 g/mol. The molecule has 1 aliphatic heterocycles. The van der Waals surface area contributed by atoms with Crippen LogP contribution in [0.25, 0.3) is 0 Å². The maximum absolute atomic E-state index is 12.4. The summed E-state index contributed by atoms with van der Waals surface area (Å²) in [4.78, 5) is 34.0. The van der Waals surface area contributed by atoms with E-state index in [0.717, 1.165) is 24.3 Å². The maximum Gasteiger partial charge on any atom is 0.254 e. The first-order valence-electron chi connectivity index (χ1n) is 9.94. The molecular weight excluding hydrogens is 396 g/mol. The number of nitrogens with zero attached hydrogens (tertiary/aromatic N) is 2. The largest absolute Gasteiger partial charge is 0.341 e. The van der Waals surface area contributed by atoms with Crippen molar-refractivity contribution in [2.75, 3.05) is 23.0 Å². The van der Waals surface area contributed by atoms with Gasteiger partial charge in [-0.3, -0.25) is 9.59 Å². The van der Waals surface area contributed by atoms with Crippen LogP contribution < -0.4 is 15.8 Å². The van der Waals surface area contributed by atoms with Crippen molar-refractivity contribution in [2.24, 2.45) is 0 Å². The van der Waals surface area contributed by atoms with Crippen LogP contribution in [0.15, 0.2) is 58.5 Å². The fraction of sp³-hybridized carbons (Fsp3) is 0.261. The Hall–Kier alpha value is -3.06. The van der Waals surface area contributed by atoms with E-state index in [9.17, 15) is 9.59 Å². The van der Waals surface area contributed by atoms with Gasteiger partial charge in [0.05, 0.1) is 0 Å². The van der Waals surface area contributed by atoms with Crippen molar-refractivity contribution in [3.05, 3.63) is 75.7 Å². The summed E-state index contributed by atoms with van der Waals surface area (Å²) in [6, 6.07) is 16.3. The molecule has 6 nitrogen and oxygen atoms in total. The molecule has 0 spiro atoms. The van der Waals surface area contributed by atoms with Crippen LogP contribution in [0.1, 0.15) is 23.2 Å². The molecule has 1 aromatic heterocycles. The number of para-hydroxylation sites is 1. The number of benzene rings is 2. The monoisotopic (exact) mass is 420 g/mol. The van der Waals surface area contributed by atoms with Crippen molar-refractivity contribution >= 4 is 34.7 Å². The van der Waals surface area contributed by atoms with Gasteiger partial charge in [0, 0.05) is 41.3 Å². The van der Waals surface area contributed by atoms with Gasteiger partial charge in [-0.15, -0.1) is 0 Å². The summed E-state index contributed by atoms with van der Waals surface area (Å²) in [5.74, 6) is -0.123. The van der Waals surface area contributed by atoms with E-state index in [1.165, 1.54) is 23.0 Å². The molecule has 30 heavy (non-hydrogen) atoms. The normalized spacial score (nSPS) is 12.7. The molecule has 3 aromatic rings. The van der Waals surface area contributed by atoms with Gasteiger partial charge in [-0.25, -0.2) is 4.98 Å². The van der Waals surface area contributed by atoms with Crippen LogP contribution in [0, 0.1) is 6.92 Å². The van der Waals surface area contributed by atoms with E-state index >= 15 is 0 Å². The number of carbonyl (C=O) groups is 1. The second kappa shape index (κ2) is 8.75. The number of fused-ring (bicyclic) bond motifs is 1. The predicted octanol–water partition coefficient (Wildman–Crippen LogP) is 4.07. The molecular formula is C23H24N4O2S. The standard InChI is InChI=1S/C23H24N4O2S/c1-15-19(22(29)26-23(24-15)30-2)11-12-21(28)25-17-7-9-18(10-8-17)27-14-13-16-5-3-4-6-20(16)27/h3-10H,11-14H2,1-2H3,(H,25,28)(H,24,26,29). The second-order valence-corrected chi connectivity index (χ2v) is 8.06. The molecule has 0 saturated carbocycles. The number of anilines is 3. The number of H-pyrrole nitrogens is 1. The van der Waals surface area contributed by atoms with Crippen LogP contribution in [0.3, 0.4) is 0 Å². The summed E-state index contributed by atoms with van der Waals surface area (Å²) >= 11 is 1.39. The van der Waals surface area contributed by atoms with Crippen LogP contribution >= 0.6 is 11.8 Å². The molecule has 7 heteroatoms. The highest BCUT2D eigenvalue weighted by atomic mass is 32.2. The Bertz CT molecular complexity index is 1120. The third-order valence-electron chi connectivity index (χ3n) is 5.35. The van der Waals surface area contributed by atoms with Gasteiger partial charge in [-0.1, -0.05) is 30.0 Å². The van der Waals surface area contributed by atoms with E-state index in [-0.39, 0.29) is 17.9 Å². The molecule has 0 saturated heterocycles. The number of thioether (sulfide) groups is 1. The summed E-state index contributed by atoms with van der Waals surface area (Å²) in [5.41, 5.74) is 5.53. The lowest BCUT2D eigenvalue weighted by atomic mass is 10.1. The summed E-state index contributed by atoms with van der Waals surface area (Å²) in [5, 5.41) is 3.51.